The van der Waals surface area contributed by atoms with Crippen molar-refractivity contribution in [1.82, 2.24) is 19.6 Å². The predicted octanol–water partition coefficient (Wildman–Crippen LogP) is 4.49. The first-order valence-corrected chi connectivity index (χ1v) is 10.8. The molecular weight excluding hydrogens is 396 g/mol. The Morgan fingerprint density at radius 3 is 2.37 bits per heavy atom. The molecule has 30 heavy (non-hydrogen) atoms. The number of benzene rings is 2. The van der Waals surface area contributed by atoms with E-state index in [1.807, 2.05) is 65.9 Å². The summed E-state index contributed by atoms with van der Waals surface area (Å²) in [4.78, 5) is 17.4. The largest absolute Gasteiger partial charge is 0.337 e. The lowest BCUT2D eigenvalue weighted by Gasteiger charge is -2.22. The number of halogens is 1. The van der Waals surface area contributed by atoms with E-state index in [4.69, 9.17) is 11.6 Å². The van der Waals surface area contributed by atoms with Crippen molar-refractivity contribution in [3.05, 3.63) is 82.1 Å². The minimum atomic E-state index is 0.100. The van der Waals surface area contributed by atoms with Gasteiger partial charge in [-0.2, -0.15) is 5.10 Å². The van der Waals surface area contributed by atoms with Crippen molar-refractivity contribution in [1.29, 1.82) is 0 Å². The smallest absolute Gasteiger partial charge is 0.253 e. The Morgan fingerprint density at radius 1 is 0.967 bits per heavy atom. The standard InChI is InChI=1S/C24H27ClN4O/c1-18-16-19(2)29(26-18)23-10-6-21(7-11-23)24(30)28-13-3-12-27(14-15-28)17-20-4-8-22(25)9-5-20/h4-11,16H,3,12-15,17H2,1-2H3. The van der Waals surface area contributed by atoms with Crippen molar-refractivity contribution in [2.75, 3.05) is 26.2 Å². The molecule has 1 aliphatic rings. The molecule has 1 aromatic heterocycles. The van der Waals surface area contributed by atoms with Gasteiger partial charge in [0.2, 0.25) is 0 Å². The molecule has 0 unspecified atom stereocenters. The first kappa shape index (κ1) is 20.6. The third-order valence-electron chi connectivity index (χ3n) is 5.56. The highest BCUT2D eigenvalue weighted by Gasteiger charge is 2.20. The van der Waals surface area contributed by atoms with Crippen molar-refractivity contribution in [3.8, 4) is 5.69 Å². The average Bonchev–Trinajstić information content (AvgIpc) is 2.94. The number of hydrogen-bond donors (Lipinski definition) is 0. The predicted molar refractivity (Wildman–Crippen MR) is 120 cm³/mol. The van der Waals surface area contributed by atoms with Gasteiger partial charge in [-0.15, -0.1) is 0 Å². The number of aryl methyl sites for hydroxylation is 2. The van der Waals surface area contributed by atoms with E-state index >= 15 is 0 Å². The van der Waals surface area contributed by atoms with Crippen LogP contribution in [0.4, 0.5) is 0 Å². The third-order valence-corrected chi connectivity index (χ3v) is 5.82. The normalized spacial score (nSPS) is 15.2. The second-order valence-corrected chi connectivity index (χ2v) is 8.37. The highest BCUT2D eigenvalue weighted by molar-refractivity contribution is 6.30. The number of carbonyl (C=O) groups excluding carboxylic acids is 1. The topological polar surface area (TPSA) is 41.4 Å². The molecule has 1 aliphatic heterocycles. The molecule has 1 amide bonds. The summed E-state index contributed by atoms with van der Waals surface area (Å²) < 4.78 is 1.91. The van der Waals surface area contributed by atoms with Gasteiger partial charge in [-0.25, -0.2) is 4.68 Å². The van der Waals surface area contributed by atoms with Gasteiger partial charge in [-0.1, -0.05) is 23.7 Å². The van der Waals surface area contributed by atoms with Crippen LogP contribution in [0.15, 0.2) is 54.6 Å². The molecule has 0 spiro atoms. The van der Waals surface area contributed by atoms with Gasteiger partial charge < -0.3 is 4.90 Å². The van der Waals surface area contributed by atoms with E-state index in [0.29, 0.717) is 0 Å². The van der Waals surface area contributed by atoms with Crippen molar-refractivity contribution < 1.29 is 4.79 Å². The Morgan fingerprint density at radius 2 is 1.70 bits per heavy atom. The molecule has 0 saturated carbocycles. The molecule has 156 valence electrons. The van der Waals surface area contributed by atoms with Crippen LogP contribution in [0.5, 0.6) is 0 Å². The lowest BCUT2D eigenvalue weighted by molar-refractivity contribution is 0.0761. The summed E-state index contributed by atoms with van der Waals surface area (Å²) in [6.45, 7) is 8.29. The van der Waals surface area contributed by atoms with Gasteiger partial charge in [0.05, 0.1) is 11.4 Å². The Hall–Kier alpha value is -2.63. The van der Waals surface area contributed by atoms with Crippen LogP contribution >= 0.6 is 11.6 Å². The summed E-state index contributed by atoms with van der Waals surface area (Å²) in [5, 5.41) is 5.27. The maximum Gasteiger partial charge on any atom is 0.253 e. The fourth-order valence-electron chi connectivity index (χ4n) is 4.00. The lowest BCUT2D eigenvalue weighted by atomic mass is 10.1. The monoisotopic (exact) mass is 422 g/mol. The van der Waals surface area contributed by atoms with Gasteiger partial charge in [0, 0.05) is 49.0 Å². The molecule has 4 rings (SSSR count). The average molecular weight is 423 g/mol. The summed E-state index contributed by atoms with van der Waals surface area (Å²) in [7, 11) is 0. The van der Waals surface area contributed by atoms with Gasteiger partial charge in [-0.3, -0.25) is 9.69 Å². The Balaban J connectivity index is 1.38. The van der Waals surface area contributed by atoms with Crippen LogP contribution in [-0.2, 0) is 6.54 Å². The van der Waals surface area contributed by atoms with Crippen LogP contribution in [0.3, 0.4) is 0 Å². The van der Waals surface area contributed by atoms with E-state index in [2.05, 4.69) is 22.1 Å². The minimum absolute atomic E-state index is 0.100. The minimum Gasteiger partial charge on any atom is -0.337 e. The van der Waals surface area contributed by atoms with E-state index in [9.17, 15) is 4.79 Å². The molecule has 1 saturated heterocycles. The molecule has 3 aromatic rings. The SMILES string of the molecule is Cc1cc(C)n(-c2ccc(C(=O)N3CCCN(Cc4ccc(Cl)cc4)CC3)cc2)n1. The first-order valence-electron chi connectivity index (χ1n) is 10.4. The molecule has 0 N–H and O–H groups in total. The van der Waals surface area contributed by atoms with Gasteiger partial charge in [0.15, 0.2) is 0 Å². The zero-order chi connectivity index (χ0) is 21.1. The number of carbonyl (C=O) groups is 1. The van der Waals surface area contributed by atoms with Crippen molar-refractivity contribution in [2.45, 2.75) is 26.8 Å². The van der Waals surface area contributed by atoms with E-state index in [1.54, 1.807) is 0 Å². The van der Waals surface area contributed by atoms with E-state index in [0.717, 1.165) is 66.8 Å². The third kappa shape index (κ3) is 4.74. The Kier molecular flexibility index (Phi) is 6.21. The number of amides is 1. The fraction of sp³-hybridized carbons (Fsp3) is 0.333. The van der Waals surface area contributed by atoms with Crippen LogP contribution in [0, 0.1) is 13.8 Å². The molecule has 6 heteroatoms. The fourth-order valence-corrected chi connectivity index (χ4v) is 4.12. The highest BCUT2D eigenvalue weighted by Crippen LogP contribution is 2.17. The molecule has 2 heterocycles. The first-order chi connectivity index (χ1) is 14.5. The maximum absolute atomic E-state index is 13.0. The van der Waals surface area contributed by atoms with Crippen LogP contribution in [0.25, 0.3) is 5.69 Å². The molecule has 1 fully saturated rings. The van der Waals surface area contributed by atoms with Crippen LogP contribution in [0.1, 0.15) is 33.7 Å². The van der Waals surface area contributed by atoms with Gasteiger partial charge >= 0.3 is 0 Å². The van der Waals surface area contributed by atoms with Crippen LogP contribution in [-0.4, -0.2) is 51.7 Å². The van der Waals surface area contributed by atoms with Crippen molar-refractivity contribution in [2.24, 2.45) is 0 Å². The number of nitrogens with zero attached hydrogens (tertiary/aromatic N) is 4. The molecule has 2 aromatic carbocycles. The van der Waals surface area contributed by atoms with Crippen molar-refractivity contribution in [3.63, 3.8) is 0 Å². The summed E-state index contributed by atoms with van der Waals surface area (Å²) in [6.07, 6.45) is 0.975. The second-order valence-electron chi connectivity index (χ2n) is 7.93. The van der Waals surface area contributed by atoms with E-state index in [-0.39, 0.29) is 5.91 Å². The van der Waals surface area contributed by atoms with Gasteiger partial charge in [0.1, 0.15) is 0 Å². The lowest BCUT2D eigenvalue weighted by Crippen LogP contribution is -2.35. The maximum atomic E-state index is 13.0. The molecule has 5 nitrogen and oxygen atoms in total. The molecule has 0 bridgehead atoms. The Bertz CT molecular complexity index is 1010. The quantitative estimate of drug-likeness (QED) is 0.622. The number of rotatable bonds is 4. The van der Waals surface area contributed by atoms with Crippen LogP contribution < -0.4 is 0 Å². The van der Waals surface area contributed by atoms with E-state index < -0.39 is 0 Å². The van der Waals surface area contributed by atoms with Gasteiger partial charge in [-0.05, 0) is 68.3 Å². The highest BCUT2D eigenvalue weighted by atomic mass is 35.5. The zero-order valence-electron chi connectivity index (χ0n) is 17.5. The van der Waals surface area contributed by atoms with Crippen LogP contribution in [0.2, 0.25) is 5.02 Å². The summed E-state index contributed by atoms with van der Waals surface area (Å²) in [6, 6.07) is 17.8. The molecule has 0 aliphatic carbocycles. The van der Waals surface area contributed by atoms with Crippen molar-refractivity contribution >= 4 is 17.5 Å². The molecule has 0 radical (unpaired) electrons. The molecule has 0 atom stereocenters. The number of aromatic nitrogens is 2. The summed E-state index contributed by atoms with van der Waals surface area (Å²) >= 11 is 5.98. The van der Waals surface area contributed by atoms with E-state index in [1.165, 1.54) is 5.56 Å². The second kappa shape index (κ2) is 9.02. The zero-order valence-corrected chi connectivity index (χ0v) is 18.3. The summed E-state index contributed by atoms with van der Waals surface area (Å²) in [5.74, 6) is 0.100. The molecular formula is C24H27ClN4O. The van der Waals surface area contributed by atoms with Gasteiger partial charge in [0.25, 0.3) is 5.91 Å². The summed E-state index contributed by atoms with van der Waals surface area (Å²) in [5.41, 5.74) is 5.02. The number of hydrogen-bond acceptors (Lipinski definition) is 3. The Labute approximate surface area is 182 Å².